The van der Waals surface area contributed by atoms with Crippen molar-refractivity contribution in [2.45, 2.75) is 51.6 Å². The van der Waals surface area contributed by atoms with Gasteiger partial charge in [-0.15, -0.1) is 11.3 Å². The lowest BCUT2D eigenvalue weighted by Gasteiger charge is -2.22. The minimum atomic E-state index is -4.41. The Hall–Kier alpha value is -3.69. The highest BCUT2D eigenvalue weighted by atomic mass is 32.1. The van der Waals surface area contributed by atoms with Gasteiger partial charge >= 0.3 is 6.18 Å². The number of nitrogens with one attached hydrogen (secondary N) is 1. The van der Waals surface area contributed by atoms with Crippen LogP contribution in [0.4, 0.5) is 13.2 Å². The van der Waals surface area contributed by atoms with Gasteiger partial charge in [-0.2, -0.15) is 13.2 Å². The number of aromatic nitrogens is 1. The lowest BCUT2D eigenvalue weighted by Crippen LogP contribution is -2.33. The van der Waals surface area contributed by atoms with E-state index in [1.807, 2.05) is 54.3 Å². The van der Waals surface area contributed by atoms with Gasteiger partial charge in [0.2, 0.25) is 0 Å². The number of amides is 1. The third kappa shape index (κ3) is 8.66. The Kier molecular flexibility index (Phi) is 9.95. The number of aryl methyl sites for hydroxylation is 1. The molecule has 3 aromatic carbocycles. The second-order valence-corrected chi connectivity index (χ2v) is 10.7. The first-order valence-electron chi connectivity index (χ1n) is 13.0. The molecule has 0 unspecified atom stereocenters. The van der Waals surface area contributed by atoms with Crippen LogP contribution in [-0.4, -0.2) is 28.9 Å². The minimum absolute atomic E-state index is 0.0228. The lowest BCUT2D eigenvalue weighted by atomic mass is 10.1. The standard InChI is InChI=1S/C31H32F3N3O2S/c1-22(11-12-23-7-4-3-5-8-23)35-30(38)28-21-40-29(36-28)20-37(18-24-13-15-27(39-2)16-14-24)19-25-9-6-10-26(17-25)31(32,33)34/h3-10,13-17,21-22H,11-12,18-20H2,1-2H3,(H,35,38)/t22-/m1/s1. The van der Waals surface area contributed by atoms with Crippen LogP contribution >= 0.6 is 11.3 Å². The number of carbonyl (C=O) groups excluding carboxylic acids is 1. The van der Waals surface area contributed by atoms with Crippen molar-refractivity contribution >= 4 is 17.2 Å². The molecule has 1 atom stereocenters. The first-order valence-corrected chi connectivity index (χ1v) is 13.9. The molecule has 1 amide bonds. The summed E-state index contributed by atoms with van der Waals surface area (Å²) < 4.78 is 45.1. The number of methoxy groups -OCH3 is 1. The maximum atomic E-state index is 13.3. The van der Waals surface area contributed by atoms with Gasteiger partial charge in [-0.3, -0.25) is 9.69 Å². The number of ether oxygens (including phenoxy) is 1. The molecule has 0 fully saturated rings. The number of nitrogens with zero attached hydrogens (tertiary/aromatic N) is 2. The fourth-order valence-corrected chi connectivity index (χ4v) is 5.15. The first-order chi connectivity index (χ1) is 19.2. The fraction of sp³-hybridized carbons (Fsp3) is 0.290. The van der Waals surface area contributed by atoms with Crippen molar-refractivity contribution < 1.29 is 22.7 Å². The predicted molar refractivity (Wildman–Crippen MR) is 151 cm³/mol. The molecule has 0 aliphatic carbocycles. The number of halogens is 3. The molecule has 0 radical (unpaired) electrons. The second-order valence-electron chi connectivity index (χ2n) is 9.72. The van der Waals surface area contributed by atoms with Gasteiger partial charge in [0.15, 0.2) is 0 Å². The van der Waals surface area contributed by atoms with E-state index in [2.05, 4.69) is 22.4 Å². The Morgan fingerprint density at radius 1 is 0.950 bits per heavy atom. The summed E-state index contributed by atoms with van der Waals surface area (Å²) in [5.41, 5.74) is 2.41. The molecule has 4 rings (SSSR count). The van der Waals surface area contributed by atoms with Crippen LogP contribution in [-0.2, 0) is 32.2 Å². The van der Waals surface area contributed by atoms with E-state index in [1.165, 1.54) is 29.0 Å². The summed E-state index contributed by atoms with van der Waals surface area (Å²) in [4.78, 5) is 19.4. The van der Waals surface area contributed by atoms with Crippen LogP contribution < -0.4 is 10.1 Å². The SMILES string of the molecule is COc1ccc(CN(Cc2cccc(C(F)(F)F)c2)Cc2nc(C(=O)N[C@H](C)CCc3ccccc3)cs2)cc1. The smallest absolute Gasteiger partial charge is 0.416 e. The third-order valence-corrected chi connectivity index (χ3v) is 7.29. The number of carbonyl (C=O) groups is 1. The fourth-order valence-electron chi connectivity index (χ4n) is 4.34. The molecule has 0 saturated heterocycles. The Morgan fingerprint density at radius 2 is 1.65 bits per heavy atom. The van der Waals surface area contributed by atoms with E-state index in [1.54, 1.807) is 18.6 Å². The van der Waals surface area contributed by atoms with Gasteiger partial charge in [0.05, 0.1) is 19.2 Å². The van der Waals surface area contributed by atoms with Crippen molar-refractivity contribution in [2.24, 2.45) is 0 Å². The Bertz CT molecular complexity index is 1370. The van der Waals surface area contributed by atoms with E-state index in [0.29, 0.717) is 29.4 Å². The molecular weight excluding hydrogens is 535 g/mol. The van der Waals surface area contributed by atoms with Crippen LogP contribution in [0.2, 0.25) is 0 Å². The van der Waals surface area contributed by atoms with E-state index < -0.39 is 11.7 Å². The predicted octanol–water partition coefficient (Wildman–Crippen LogP) is 7.12. The molecule has 210 valence electrons. The normalized spacial score (nSPS) is 12.3. The highest BCUT2D eigenvalue weighted by molar-refractivity contribution is 7.09. The highest BCUT2D eigenvalue weighted by Gasteiger charge is 2.30. The largest absolute Gasteiger partial charge is 0.497 e. The van der Waals surface area contributed by atoms with Gasteiger partial charge in [0.1, 0.15) is 16.5 Å². The van der Waals surface area contributed by atoms with Crippen LogP contribution in [0.1, 0.15) is 51.1 Å². The van der Waals surface area contributed by atoms with E-state index in [0.717, 1.165) is 30.2 Å². The van der Waals surface area contributed by atoms with Crippen molar-refractivity contribution in [3.8, 4) is 5.75 Å². The third-order valence-electron chi connectivity index (χ3n) is 6.46. The van der Waals surface area contributed by atoms with Crippen LogP contribution in [0.5, 0.6) is 5.75 Å². The zero-order chi connectivity index (χ0) is 28.5. The summed E-state index contributed by atoms with van der Waals surface area (Å²) in [7, 11) is 1.59. The number of hydrogen-bond acceptors (Lipinski definition) is 5. The van der Waals surface area contributed by atoms with Gasteiger partial charge in [-0.25, -0.2) is 4.98 Å². The van der Waals surface area contributed by atoms with Crippen molar-refractivity contribution in [2.75, 3.05) is 7.11 Å². The van der Waals surface area contributed by atoms with Gasteiger partial charge in [0, 0.05) is 24.5 Å². The summed E-state index contributed by atoms with van der Waals surface area (Å²) in [5, 5.41) is 5.45. The molecule has 0 aliphatic heterocycles. The molecule has 0 saturated carbocycles. The molecule has 0 spiro atoms. The van der Waals surface area contributed by atoms with Crippen LogP contribution in [0.25, 0.3) is 0 Å². The average Bonchev–Trinajstić information content (AvgIpc) is 3.41. The quantitative estimate of drug-likeness (QED) is 0.198. The molecule has 0 aliphatic rings. The first kappa shape index (κ1) is 29.3. The Morgan fingerprint density at radius 3 is 2.35 bits per heavy atom. The van der Waals surface area contributed by atoms with E-state index in [-0.39, 0.29) is 18.5 Å². The Balaban J connectivity index is 1.43. The average molecular weight is 568 g/mol. The van der Waals surface area contributed by atoms with E-state index >= 15 is 0 Å². The van der Waals surface area contributed by atoms with Crippen LogP contribution in [0.15, 0.2) is 84.2 Å². The maximum absolute atomic E-state index is 13.3. The van der Waals surface area contributed by atoms with Gasteiger partial charge in [0.25, 0.3) is 5.91 Å². The van der Waals surface area contributed by atoms with Crippen molar-refractivity contribution in [3.63, 3.8) is 0 Å². The monoisotopic (exact) mass is 567 g/mol. The zero-order valence-electron chi connectivity index (χ0n) is 22.4. The molecule has 1 aromatic heterocycles. The highest BCUT2D eigenvalue weighted by Crippen LogP contribution is 2.30. The molecular formula is C31H32F3N3O2S. The van der Waals surface area contributed by atoms with Crippen LogP contribution in [0, 0.1) is 0 Å². The number of rotatable bonds is 12. The number of benzene rings is 3. The molecule has 0 bridgehead atoms. The summed E-state index contributed by atoms with van der Waals surface area (Å²) in [6.45, 7) is 3.12. The molecule has 40 heavy (non-hydrogen) atoms. The molecule has 1 N–H and O–H groups in total. The summed E-state index contributed by atoms with van der Waals surface area (Å²) in [5.74, 6) is 0.490. The molecule has 1 heterocycles. The van der Waals surface area contributed by atoms with Gasteiger partial charge in [-0.1, -0.05) is 60.7 Å². The number of thiazole rings is 1. The van der Waals surface area contributed by atoms with Crippen LogP contribution in [0.3, 0.4) is 0 Å². The summed E-state index contributed by atoms with van der Waals surface area (Å²) in [6, 6.07) is 23.0. The Labute approximate surface area is 236 Å². The maximum Gasteiger partial charge on any atom is 0.416 e. The molecule has 9 heteroatoms. The van der Waals surface area contributed by atoms with Crippen molar-refractivity contribution in [1.82, 2.24) is 15.2 Å². The summed E-state index contributed by atoms with van der Waals surface area (Å²) in [6.07, 6.45) is -2.74. The zero-order valence-corrected chi connectivity index (χ0v) is 23.3. The van der Waals surface area contributed by atoms with E-state index in [4.69, 9.17) is 4.74 Å². The van der Waals surface area contributed by atoms with E-state index in [9.17, 15) is 18.0 Å². The van der Waals surface area contributed by atoms with Gasteiger partial charge < -0.3 is 10.1 Å². The molecule has 4 aromatic rings. The second kappa shape index (κ2) is 13.6. The van der Waals surface area contributed by atoms with Crippen molar-refractivity contribution in [3.05, 3.63) is 117 Å². The minimum Gasteiger partial charge on any atom is -0.497 e. The molecule has 5 nitrogen and oxygen atoms in total. The number of alkyl halides is 3. The number of hydrogen-bond donors (Lipinski definition) is 1. The summed E-state index contributed by atoms with van der Waals surface area (Å²) >= 11 is 1.36. The topological polar surface area (TPSA) is 54.5 Å². The lowest BCUT2D eigenvalue weighted by molar-refractivity contribution is -0.137. The van der Waals surface area contributed by atoms with Gasteiger partial charge in [-0.05, 0) is 54.7 Å². The van der Waals surface area contributed by atoms with Crippen molar-refractivity contribution in [1.29, 1.82) is 0 Å².